The maximum Gasteiger partial charge on any atom is 0.0626 e. The lowest BCUT2D eigenvalue weighted by atomic mass is 9.91. The van der Waals surface area contributed by atoms with Crippen LogP contribution in [0.3, 0.4) is 0 Å². The maximum atomic E-state index is 7.79. The van der Waals surface area contributed by atoms with E-state index < -0.39 is 0 Å². The fraction of sp³-hybridized carbons (Fsp3) is 0.455. The Bertz CT molecular complexity index is 302. The Morgan fingerprint density at radius 3 is 2.82 bits per heavy atom. The number of hydrogen-bond donors (Lipinski definition) is 0. The molecule has 0 fully saturated rings. The van der Waals surface area contributed by atoms with Crippen molar-refractivity contribution in [2.24, 2.45) is 0 Å². The molecular formula is C11H14. The van der Waals surface area contributed by atoms with Crippen LogP contribution in [0.25, 0.3) is 0 Å². The molecule has 58 valence electrons. The molecule has 0 atom stereocenters. The minimum Gasteiger partial charge on any atom is -0.0590 e. The molecule has 0 aromatic heterocycles. The quantitative estimate of drug-likeness (QED) is 0.529. The largest absolute Gasteiger partial charge is 0.0626 e. The van der Waals surface area contributed by atoms with E-state index in [0.29, 0.717) is 0 Å². The number of aryl methyl sites for hydroxylation is 2. The zero-order valence-corrected chi connectivity index (χ0v) is 6.98. The Kier molecular flexibility index (Phi) is 1.42. The van der Waals surface area contributed by atoms with E-state index in [1.165, 1.54) is 36.0 Å². The van der Waals surface area contributed by atoms with Crippen molar-refractivity contribution in [2.45, 2.75) is 32.6 Å². The molecule has 1 aliphatic rings. The molecule has 0 amide bonds. The van der Waals surface area contributed by atoms with E-state index >= 15 is 0 Å². The van der Waals surface area contributed by atoms with Gasteiger partial charge in [-0.1, -0.05) is 23.7 Å². The van der Waals surface area contributed by atoms with Gasteiger partial charge in [0, 0.05) is 0 Å². The first-order valence-corrected chi connectivity index (χ1v) is 4.36. The van der Waals surface area contributed by atoms with Gasteiger partial charge in [0.2, 0.25) is 0 Å². The molecule has 0 aliphatic heterocycles. The van der Waals surface area contributed by atoms with Crippen LogP contribution in [0.5, 0.6) is 0 Å². The molecule has 0 heterocycles. The summed E-state index contributed by atoms with van der Waals surface area (Å²) in [5.74, 6) is 0. The van der Waals surface area contributed by atoms with Gasteiger partial charge in [-0.05, 0) is 43.7 Å². The van der Waals surface area contributed by atoms with Crippen molar-refractivity contribution < 1.29 is 1.37 Å². The highest BCUT2D eigenvalue weighted by Crippen LogP contribution is 2.21. The van der Waals surface area contributed by atoms with E-state index in [1.54, 1.807) is 0 Å². The number of benzene rings is 1. The summed E-state index contributed by atoms with van der Waals surface area (Å²) < 4.78 is 7.79. The molecule has 0 spiro atoms. The fourth-order valence-electron chi connectivity index (χ4n) is 1.77. The summed E-state index contributed by atoms with van der Waals surface area (Å²) in [6.07, 6.45) is 4.87. The van der Waals surface area contributed by atoms with Crippen LogP contribution in [0.15, 0.2) is 18.2 Å². The van der Waals surface area contributed by atoms with Crippen molar-refractivity contribution in [3.8, 4) is 0 Å². The minimum atomic E-state index is 0.754. The Morgan fingerprint density at radius 1 is 1.27 bits per heavy atom. The molecule has 0 heteroatoms. The number of rotatable bonds is 0. The normalized spacial score (nSPS) is 17.4. The van der Waals surface area contributed by atoms with Crippen molar-refractivity contribution >= 4 is 0 Å². The second-order valence-electron chi connectivity index (χ2n) is 3.39. The first-order chi connectivity index (χ1) is 5.77. The van der Waals surface area contributed by atoms with Crippen molar-refractivity contribution in [3.05, 3.63) is 34.9 Å². The van der Waals surface area contributed by atoms with Gasteiger partial charge in [0.05, 0.1) is 1.37 Å². The summed E-state index contributed by atoms with van der Waals surface area (Å²) in [4.78, 5) is 0. The van der Waals surface area contributed by atoms with Crippen molar-refractivity contribution in [3.63, 3.8) is 0 Å². The molecule has 0 N–H and O–H groups in total. The van der Waals surface area contributed by atoms with Crippen LogP contribution in [0.4, 0.5) is 0 Å². The van der Waals surface area contributed by atoms with Gasteiger partial charge >= 0.3 is 0 Å². The average molecular weight is 147 g/mol. The van der Waals surface area contributed by atoms with E-state index in [1.807, 2.05) is 6.07 Å². The summed E-state index contributed by atoms with van der Waals surface area (Å²) in [6, 6.07) is 4.97. The van der Waals surface area contributed by atoms with Crippen LogP contribution in [0.1, 0.15) is 30.9 Å². The van der Waals surface area contributed by atoms with Crippen molar-refractivity contribution in [1.29, 1.82) is 0 Å². The monoisotopic (exact) mass is 147 g/mol. The van der Waals surface area contributed by atoms with Crippen LogP contribution in [0.2, 0.25) is 0 Å². The van der Waals surface area contributed by atoms with Gasteiger partial charge in [0.1, 0.15) is 0 Å². The molecule has 1 aliphatic carbocycles. The van der Waals surface area contributed by atoms with Gasteiger partial charge in [0.25, 0.3) is 0 Å². The van der Waals surface area contributed by atoms with Crippen LogP contribution >= 0.6 is 0 Å². The predicted molar refractivity (Wildman–Crippen MR) is 47.8 cm³/mol. The molecule has 0 nitrogen and oxygen atoms in total. The molecule has 1 aromatic rings. The van der Waals surface area contributed by atoms with E-state index in [4.69, 9.17) is 1.37 Å². The molecule has 1 aromatic carbocycles. The zero-order chi connectivity index (χ0) is 8.55. The third-order valence-corrected chi connectivity index (χ3v) is 2.39. The summed E-state index contributed by atoms with van der Waals surface area (Å²) in [5, 5.41) is 0. The zero-order valence-electron chi connectivity index (χ0n) is 7.98. The third kappa shape index (κ3) is 1.30. The van der Waals surface area contributed by atoms with Crippen LogP contribution in [-0.2, 0) is 12.8 Å². The molecule has 0 radical (unpaired) electrons. The van der Waals surface area contributed by atoms with Gasteiger partial charge in [-0.15, -0.1) is 0 Å². The molecular weight excluding hydrogens is 132 g/mol. The smallest absolute Gasteiger partial charge is 0.0590 e. The second kappa shape index (κ2) is 2.69. The SMILES string of the molecule is [2H]c1cc(C)cc2c1CCCC2. The molecule has 2 rings (SSSR count). The molecule has 0 unspecified atom stereocenters. The van der Waals surface area contributed by atoms with Gasteiger partial charge in [-0.25, -0.2) is 0 Å². The van der Waals surface area contributed by atoms with Gasteiger partial charge < -0.3 is 0 Å². The minimum absolute atomic E-state index is 0.754. The Hall–Kier alpha value is -0.780. The highest BCUT2D eigenvalue weighted by Gasteiger charge is 2.07. The highest BCUT2D eigenvalue weighted by molar-refractivity contribution is 5.32. The molecule has 0 bridgehead atoms. The first-order valence-electron chi connectivity index (χ1n) is 4.86. The van der Waals surface area contributed by atoms with Crippen LogP contribution < -0.4 is 0 Å². The summed E-state index contributed by atoms with van der Waals surface area (Å²) in [7, 11) is 0. The summed E-state index contributed by atoms with van der Waals surface area (Å²) >= 11 is 0. The fourth-order valence-corrected chi connectivity index (χ4v) is 1.77. The lowest BCUT2D eigenvalue weighted by molar-refractivity contribution is 0.685. The van der Waals surface area contributed by atoms with Gasteiger partial charge in [-0.2, -0.15) is 0 Å². The Morgan fingerprint density at radius 2 is 2.00 bits per heavy atom. The molecule has 0 saturated carbocycles. The lowest BCUT2D eigenvalue weighted by Crippen LogP contribution is -2.01. The van der Waals surface area contributed by atoms with Crippen molar-refractivity contribution in [1.82, 2.24) is 0 Å². The van der Waals surface area contributed by atoms with E-state index in [0.717, 1.165) is 12.5 Å². The number of hydrogen-bond acceptors (Lipinski definition) is 0. The summed E-state index contributed by atoms with van der Waals surface area (Å²) in [5.41, 5.74) is 3.96. The van der Waals surface area contributed by atoms with Crippen LogP contribution in [-0.4, -0.2) is 0 Å². The second-order valence-corrected chi connectivity index (χ2v) is 3.39. The van der Waals surface area contributed by atoms with Gasteiger partial charge in [-0.3, -0.25) is 0 Å². The molecule has 11 heavy (non-hydrogen) atoms. The van der Waals surface area contributed by atoms with E-state index in [-0.39, 0.29) is 0 Å². The van der Waals surface area contributed by atoms with E-state index in [2.05, 4.69) is 13.0 Å². The van der Waals surface area contributed by atoms with E-state index in [9.17, 15) is 0 Å². The third-order valence-electron chi connectivity index (χ3n) is 2.39. The highest BCUT2D eigenvalue weighted by atomic mass is 14.1. The molecule has 0 saturated heterocycles. The Balaban J connectivity index is 2.53. The standard InChI is InChI=1S/C11H14/c1-9-6-7-10-4-2-3-5-11(10)8-9/h6-8H,2-5H2,1H3/i7D. The van der Waals surface area contributed by atoms with Gasteiger partial charge in [0.15, 0.2) is 0 Å². The predicted octanol–water partition coefficient (Wildman–Crippen LogP) is 2.87. The first kappa shape index (κ1) is 5.82. The number of fused-ring (bicyclic) bond motifs is 1. The average Bonchev–Trinajstić information content (AvgIpc) is 2.04. The summed E-state index contributed by atoms with van der Waals surface area (Å²) in [6.45, 7) is 2.08. The van der Waals surface area contributed by atoms with Crippen LogP contribution in [0, 0.1) is 6.92 Å². The van der Waals surface area contributed by atoms with Crippen molar-refractivity contribution in [2.75, 3.05) is 0 Å². The Labute approximate surface area is 69.7 Å². The topological polar surface area (TPSA) is 0 Å². The maximum absolute atomic E-state index is 7.79. The lowest BCUT2D eigenvalue weighted by Gasteiger charge is -2.15.